The van der Waals surface area contributed by atoms with Crippen molar-refractivity contribution in [3.8, 4) is 0 Å². The van der Waals surface area contributed by atoms with Crippen LogP contribution in [0.2, 0.25) is 0 Å². The van der Waals surface area contributed by atoms with Crippen LogP contribution in [0.1, 0.15) is 34.6 Å². The summed E-state index contributed by atoms with van der Waals surface area (Å²) in [6.07, 6.45) is 0. The Morgan fingerprint density at radius 1 is 0.906 bits per heavy atom. The molecule has 3 aromatic rings. The van der Waals surface area contributed by atoms with Crippen LogP contribution in [0.5, 0.6) is 0 Å². The summed E-state index contributed by atoms with van der Waals surface area (Å²) < 4.78 is 27.0. The van der Waals surface area contributed by atoms with Gasteiger partial charge < -0.3 is 9.80 Å². The van der Waals surface area contributed by atoms with Crippen LogP contribution < -0.4 is 0 Å². The largest absolute Gasteiger partial charge is 0.332 e. The van der Waals surface area contributed by atoms with Gasteiger partial charge in [0.1, 0.15) is 18.2 Å². The van der Waals surface area contributed by atoms with E-state index < -0.39 is 5.82 Å². The van der Waals surface area contributed by atoms with E-state index in [1.165, 1.54) is 46.6 Å². The molecule has 168 valence electrons. The minimum absolute atomic E-state index is 0.125. The van der Waals surface area contributed by atoms with E-state index in [0.717, 1.165) is 10.4 Å². The van der Waals surface area contributed by atoms with Crippen molar-refractivity contribution in [2.75, 3.05) is 13.1 Å². The van der Waals surface area contributed by atoms with Crippen LogP contribution in [0, 0.1) is 17.6 Å². The first-order valence-corrected chi connectivity index (χ1v) is 11.3. The molecule has 0 aliphatic carbocycles. The molecule has 32 heavy (non-hydrogen) atoms. The third kappa shape index (κ3) is 6.72. The van der Waals surface area contributed by atoms with Gasteiger partial charge >= 0.3 is 0 Å². The standard InChI is InChI=1S/C25H26F2N2O2S/c1-18(2)14-29(25(31)20-5-3-6-22(27)13-20)17-24(30)28(16-23-7-4-12-32-23)15-19-8-10-21(26)11-9-19/h3-13,18H,14-17H2,1-2H3. The maximum absolute atomic E-state index is 13.7. The van der Waals surface area contributed by atoms with Gasteiger partial charge in [0.05, 0.1) is 6.54 Å². The van der Waals surface area contributed by atoms with E-state index in [0.29, 0.717) is 19.6 Å². The third-order valence-electron chi connectivity index (χ3n) is 4.84. The van der Waals surface area contributed by atoms with Crippen molar-refractivity contribution < 1.29 is 18.4 Å². The van der Waals surface area contributed by atoms with Crippen LogP contribution in [0.4, 0.5) is 8.78 Å². The van der Waals surface area contributed by atoms with Gasteiger partial charge in [0, 0.05) is 23.5 Å². The number of halogens is 2. The number of rotatable bonds is 9. The first-order chi connectivity index (χ1) is 15.3. The van der Waals surface area contributed by atoms with Gasteiger partial charge in [0.25, 0.3) is 5.91 Å². The van der Waals surface area contributed by atoms with E-state index in [2.05, 4.69) is 0 Å². The molecule has 0 atom stereocenters. The zero-order valence-electron chi connectivity index (χ0n) is 18.1. The first-order valence-electron chi connectivity index (χ1n) is 10.4. The lowest BCUT2D eigenvalue weighted by atomic mass is 10.1. The zero-order chi connectivity index (χ0) is 23.1. The first kappa shape index (κ1) is 23.6. The second-order valence-electron chi connectivity index (χ2n) is 8.05. The Morgan fingerprint density at radius 3 is 2.28 bits per heavy atom. The molecule has 1 aromatic heterocycles. The molecule has 4 nitrogen and oxygen atoms in total. The monoisotopic (exact) mass is 456 g/mol. The summed E-state index contributed by atoms with van der Waals surface area (Å²) in [6.45, 7) is 4.83. The summed E-state index contributed by atoms with van der Waals surface area (Å²) >= 11 is 1.54. The van der Waals surface area contributed by atoms with Gasteiger partial charge in [-0.15, -0.1) is 11.3 Å². The van der Waals surface area contributed by atoms with Gasteiger partial charge in [-0.25, -0.2) is 8.78 Å². The molecule has 2 amide bonds. The van der Waals surface area contributed by atoms with Gasteiger partial charge in [0.2, 0.25) is 5.91 Å². The fraction of sp³-hybridized carbons (Fsp3) is 0.280. The highest BCUT2D eigenvalue weighted by Crippen LogP contribution is 2.17. The fourth-order valence-electron chi connectivity index (χ4n) is 3.36. The second kappa shape index (κ2) is 11.0. The number of carbonyl (C=O) groups excluding carboxylic acids is 2. The maximum atomic E-state index is 13.7. The molecule has 0 aliphatic rings. The van der Waals surface area contributed by atoms with Gasteiger partial charge in [-0.1, -0.05) is 38.1 Å². The van der Waals surface area contributed by atoms with Crippen LogP contribution in [0.25, 0.3) is 0 Å². The predicted molar refractivity (Wildman–Crippen MR) is 122 cm³/mol. The Balaban J connectivity index is 1.81. The van der Waals surface area contributed by atoms with E-state index in [1.807, 2.05) is 31.4 Å². The molecule has 7 heteroatoms. The average Bonchev–Trinajstić information content (AvgIpc) is 3.26. The Morgan fingerprint density at radius 2 is 1.66 bits per heavy atom. The molecule has 0 bridgehead atoms. The van der Waals surface area contributed by atoms with Crippen LogP contribution >= 0.6 is 11.3 Å². The van der Waals surface area contributed by atoms with Gasteiger partial charge in [0.15, 0.2) is 0 Å². The molecule has 1 heterocycles. The molecular weight excluding hydrogens is 430 g/mol. The molecule has 0 radical (unpaired) electrons. The molecular formula is C25H26F2N2O2S. The Kier molecular flexibility index (Phi) is 8.11. The highest BCUT2D eigenvalue weighted by molar-refractivity contribution is 7.09. The zero-order valence-corrected chi connectivity index (χ0v) is 18.9. The second-order valence-corrected chi connectivity index (χ2v) is 9.08. The van der Waals surface area contributed by atoms with Gasteiger partial charge in [-0.2, -0.15) is 0 Å². The normalized spacial score (nSPS) is 10.9. The SMILES string of the molecule is CC(C)CN(CC(=O)N(Cc1ccc(F)cc1)Cc1cccs1)C(=O)c1cccc(F)c1. The number of amides is 2. The number of nitrogens with zero attached hydrogens (tertiary/aromatic N) is 2. The lowest BCUT2D eigenvalue weighted by Crippen LogP contribution is -2.43. The van der Waals surface area contributed by atoms with E-state index in [9.17, 15) is 18.4 Å². The molecule has 0 aliphatic heterocycles. The summed E-state index contributed by atoms with van der Waals surface area (Å²) in [6, 6.07) is 15.4. The number of thiophene rings is 1. The van der Waals surface area contributed by atoms with Crippen molar-refractivity contribution in [1.29, 1.82) is 0 Å². The molecule has 2 aromatic carbocycles. The average molecular weight is 457 g/mol. The van der Waals surface area contributed by atoms with Crippen LogP contribution in [0.15, 0.2) is 66.0 Å². The van der Waals surface area contributed by atoms with Crippen LogP contribution in [-0.2, 0) is 17.9 Å². The number of benzene rings is 2. The van der Waals surface area contributed by atoms with Crippen molar-refractivity contribution in [1.82, 2.24) is 9.80 Å². The molecule has 0 spiro atoms. The smallest absolute Gasteiger partial charge is 0.254 e. The quantitative estimate of drug-likeness (QED) is 0.435. The van der Waals surface area contributed by atoms with Crippen LogP contribution in [-0.4, -0.2) is 34.7 Å². The fourth-order valence-corrected chi connectivity index (χ4v) is 4.08. The lowest BCUT2D eigenvalue weighted by Gasteiger charge is -2.29. The highest BCUT2D eigenvalue weighted by atomic mass is 32.1. The molecule has 0 saturated heterocycles. The van der Waals surface area contributed by atoms with Crippen molar-refractivity contribution in [2.24, 2.45) is 5.92 Å². The van der Waals surface area contributed by atoms with Crippen molar-refractivity contribution in [3.63, 3.8) is 0 Å². The topological polar surface area (TPSA) is 40.6 Å². The summed E-state index contributed by atoms with van der Waals surface area (Å²) in [5, 5.41) is 1.94. The summed E-state index contributed by atoms with van der Waals surface area (Å²) in [4.78, 5) is 30.5. The third-order valence-corrected chi connectivity index (χ3v) is 5.70. The maximum Gasteiger partial charge on any atom is 0.254 e. The highest BCUT2D eigenvalue weighted by Gasteiger charge is 2.24. The van der Waals surface area contributed by atoms with E-state index in [-0.39, 0.29) is 35.7 Å². The van der Waals surface area contributed by atoms with E-state index >= 15 is 0 Å². The van der Waals surface area contributed by atoms with E-state index in [4.69, 9.17) is 0 Å². The summed E-state index contributed by atoms with van der Waals surface area (Å²) in [5.41, 5.74) is 1.00. The summed E-state index contributed by atoms with van der Waals surface area (Å²) in [7, 11) is 0. The Labute approximate surface area is 191 Å². The van der Waals surface area contributed by atoms with E-state index in [1.54, 1.807) is 23.1 Å². The summed E-state index contributed by atoms with van der Waals surface area (Å²) in [5.74, 6) is -1.32. The minimum atomic E-state index is -0.498. The predicted octanol–water partition coefficient (Wildman–Crippen LogP) is 5.35. The lowest BCUT2D eigenvalue weighted by molar-refractivity contribution is -0.133. The molecule has 0 unspecified atom stereocenters. The van der Waals surface area contributed by atoms with Gasteiger partial charge in [-0.05, 0) is 53.3 Å². The molecule has 0 fully saturated rings. The molecule has 0 N–H and O–H groups in total. The number of hydrogen-bond donors (Lipinski definition) is 0. The number of carbonyl (C=O) groups is 2. The number of hydrogen-bond acceptors (Lipinski definition) is 3. The molecule has 3 rings (SSSR count). The van der Waals surface area contributed by atoms with Crippen LogP contribution in [0.3, 0.4) is 0 Å². The minimum Gasteiger partial charge on any atom is -0.332 e. The Bertz CT molecular complexity index is 1040. The Hall–Kier alpha value is -3.06. The molecule has 0 saturated carbocycles. The van der Waals surface area contributed by atoms with Crippen molar-refractivity contribution in [3.05, 3.63) is 93.7 Å². The van der Waals surface area contributed by atoms with Crippen molar-refractivity contribution >= 4 is 23.2 Å². The van der Waals surface area contributed by atoms with Crippen molar-refractivity contribution in [2.45, 2.75) is 26.9 Å². The van der Waals surface area contributed by atoms with Gasteiger partial charge in [-0.3, -0.25) is 9.59 Å².